The van der Waals surface area contributed by atoms with Crippen LogP contribution in [0.4, 0.5) is 20.3 Å². The Balaban J connectivity index is 2.12. The molecule has 0 atom stereocenters. The quantitative estimate of drug-likeness (QED) is 0.911. The lowest BCUT2D eigenvalue weighted by Gasteiger charge is -2.30. The number of aromatic nitrogens is 1. The second-order valence-corrected chi connectivity index (χ2v) is 7.31. The van der Waals surface area contributed by atoms with E-state index in [1.807, 2.05) is 0 Å². The number of hydrogen-bond donors (Lipinski definition) is 1. The lowest BCUT2D eigenvalue weighted by molar-refractivity contribution is 0.505. The van der Waals surface area contributed by atoms with E-state index in [9.17, 15) is 17.2 Å². The van der Waals surface area contributed by atoms with Gasteiger partial charge in [0.05, 0.1) is 5.69 Å². The third-order valence-electron chi connectivity index (χ3n) is 3.88. The van der Waals surface area contributed by atoms with Crippen LogP contribution in [0.15, 0.2) is 29.3 Å². The first-order valence-corrected chi connectivity index (χ1v) is 8.47. The van der Waals surface area contributed by atoms with Gasteiger partial charge in [0.2, 0.25) is 0 Å². The van der Waals surface area contributed by atoms with E-state index in [0.717, 1.165) is 16.4 Å². The molecule has 2 heterocycles. The molecular formula is C15H15F2N3O2S. The van der Waals surface area contributed by atoms with Gasteiger partial charge in [0.25, 0.3) is 10.0 Å². The van der Waals surface area contributed by atoms with E-state index in [0.29, 0.717) is 24.0 Å². The zero-order chi connectivity index (χ0) is 16.8. The molecule has 0 spiro atoms. The minimum Gasteiger partial charge on any atom is -0.383 e. The van der Waals surface area contributed by atoms with E-state index in [2.05, 4.69) is 4.98 Å². The third-order valence-corrected chi connectivity index (χ3v) is 5.66. The maximum Gasteiger partial charge on any atom is 0.265 e. The molecule has 0 radical (unpaired) electrons. The molecule has 0 amide bonds. The minimum absolute atomic E-state index is 0.0261. The van der Waals surface area contributed by atoms with Crippen molar-refractivity contribution in [1.29, 1.82) is 0 Å². The van der Waals surface area contributed by atoms with Gasteiger partial charge in [0.15, 0.2) is 11.6 Å². The summed E-state index contributed by atoms with van der Waals surface area (Å²) in [6.45, 7) is 1.85. The van der Waals surface area contributed by atoms with Crippen LogP contribution in [0.5, 0.6) is 0 Å². The number of sulfonamides is 1. The first-order valence-electron chi connectivity index (χ1n) is 7.03. The van der Waals surface area contributed by atoms with Crippen molar-refractivity contribution in [1.82, 2.24) is 4.98 Å². The zero-order valence-electron chi connectivity index (χ0n) is 12.4. The summed E-state index contributed by atoms with van der Waals surface area (Å²) in [6, 6.07) is 3.41. The molecule has 0 saturated heterocycles. The van der Waals surface area contributed by atoms with E-state index in [1.165, 1.54) is 12.3 Å². The van der Waals surface area contributed by atoms with Gasteiger partial charge in [0.1, 0.15) is 10.7 Å². The lowest BCUT2D eigenvalue weighted by Crippen LogP contribution is -2.35. The number of hydrogen-bond acceptors (Lipinski definition) is 4. The largest absolute Gasteiger partial charge is 0.383 e. The van der Waals surface area contributed by atoms with Gasteiger partial charge in [-0.25, -0.2) is 22.2 Å². The van der Waals surface area contributed by atoms with Crippen LogP contribution < -0.4 is 10.0 Å². The number of pyridine rings is 1. The molecule has 0 unspecified atom stereocenters. The molecule has 8 heteroatoms. The van der Waals surface area contributed by atoms with E-state index in [4.69, 9.17) is 5.73 Å². The average Bonchev–Trinajstić information content (AvgIpc) is 2.50. The van der Waals surface area contributed by atoms with E-state index in [-0.39, 0.29) is 22.9 Å². The Morgan fingerprint density at radius 3 is 2.61 bits per heavy atom. The van der Waals surface area contributed by atoms with Crippen LogP contribution in [-0.2, 0) is 16.4 Å². The third kappa shape index (κ3) is 2.63. The molecule has 5 nitrogen and oxygen atoms in total. The predicted octanol–water partition coefficient (Wildman–Crippen LogP) is 2.39. The van der Waals surface area contributed by atoms with Crippen LogP contribution in [0.2, 0.25) is 0 Å². The molecule has 2 N–H and O–H groups in total. The van der Waals surface area contributed by atoms with Crippen LogP contribution >= 0.6 is 0 Å². The first kappa shape index (κ1) is 15.7. The fourth-order valence-electron chi connectivity index (χ4n) is 2.62. The van der Waals surface area contributed by atoms with Crippen LogP contribution in [0.1, 0.15) is 17.5 Å². The number of aryl methyl sites for hydroxylation is 2. The topological polar surface area (TPSA) is 76.3 Å². The molecule has 3 rings (SSSR count). The molecule has 0 aliphatic carbocycles. The summed E-state index contributed by atoms with van der Waals surface area (Å²) in [5.74, 6) is -1.80. The summed E-state index contributed by atoms with van der Waals surface area (Å²) in [5, 5.41) is 0. The smallest absolute Gasteiger partial charge is 0.265 e. The SMILES string of the molecule is Cc1cc(S(=O)(=O)N2CCCc3cc(F)c(F)cc32)cnc1N. The van der Waals surface area contributed by atoms with E-state index < -0.39 is 21.7 Å². The number of halogens is 2. The minimum atomic E-state index is -3.92. The van der Waals surface area contributed by atoms with Gasteiger partial charge >= 0.3 is 0 Å². The van der Waals surface area contributed by atoms with Crippen molar-refractivity contribution in [2.45, 2.75) is 24.7 Å². The molecule has 0 saturated carbocycles. The van der Waals surface area contributed by atoms with Gasteiger partial charge in [-0.1, -0.05) is 0 Å². The highest BCUT2D eigenvalue weighted by Gasteiger charge is 2.30. The lowest BCUT2D eigenvalue weighted by atomic mass is 10.0. The number of nitrogens with zero attached hydrogens (tertiary/aromatic N) is 2. The van der Waals surface area contributed by atoms with Crippen LogP contribution in [0.3, 0.4) is 0 Å². The molecular weight excluding hydrogens is 324 g/mol. The van der Waals surface area contributed by atoms with Crippen molar-refractivity contribution in [3.63, 3.8) is 0 Å². The summed E-state index contributed by atoms with van der Waals surface area (Å²) in [6.07, 6.45) is 2.20. The highest BCUT2D eigenvalue weighted by molar-refractivity contribution is 7.92. The van der Waals surface area contributed by atoms with Crippen LogP contribution in [0, 0.1) is 18.6 Å². The Morgan fingerprint density at radius 2 is 1.91 bits per heavy atom. The Hall–Kier alpha value is -2.22. The number of anilines is 2. The Kier molecular flexibility index (Phi) is 3.71. The number of rotatable bonds is 2. The molecule has 1 aromatic carbocycles. The highest BCUT2D eigenvalue weighted by atomic mass is 32.2. The Labute approximate surface area is 132 Å². The van der Waals surface area contributed by atoms with Crippen molar-refractivity contribution in [2.75, 3.05) is 16.6 Å². The maximum absolute atomic E-state index is 13.6. The fraction of sp³-hybridized carbons (Fsp3) is 0.267. The zero-order valence-corrected chi connectivity index (χ0v) is 13.2. The predicted molar refractivity (Wildman–Crippen MR) is 82.6 cm³/mol. The molecule has 122 valence electrons. The van der Waals surface area contributed by atoms with Crippen LogP contribution in [-0.4, -0.2) is 19.9 Å². The molecule has 1 aromatic heterocycles. The summed E-state index contributed by atoms with van der Waals surface area (Å²) in [7, 11) is -3.92. The van der Waals surface area contributed by atoms with Gasteiger partial charge < -0.3 is 5.73 Å². The molecule has 0 bridgehead atoms. The van der Waals surface area contributed by atoms with E-state index >= 15 is 0 Å². The fourth-order valence-corrected chi connectivity index (χ4v) is 4.19. The summed E-state index contributed by atoms with van der Waals surface area (Å²) in [4.78, 5) is 3.84. The summed E-state index contributed by atoms with van der Waals surface area (Å²) in [5.41, 5.74) is 6.79. The average molecular weight is 339 g/mol. The molecule has 2 aromatic rings. The first-order chi connectivity index (χ1) is 10.8. The van der Waals surface area contributed by atoms with Gasteiger partial charge in [-0.3, -0.25) is 4.31 Å². The Morgan fingerprint density at radius 1 is 1.22 bits per heavy atom. The number of benzene rings is 1. The standard InChI is InChI=1S/C15H15F2N3O2S/c1-9-5-11(8-19-15(9)18)23(21,22)20-4-2-3-10-6-12(16)13(17)7-14(10)20/h5-8H,2-4H2,1H3,(H2,18,19). The van der Waals surface area contributed by atoms with Crippen molar-refractivity contribution in [3.8, 4) is 0 Å². The monoisotopic (exact) mass is 339 g/mol. The molecule has 1 aliphatic heterocycles. The second-order valence-electron chi connectivity index (χ2n) is 5.45. The highest BCUT2D eigenvalue weighted by Crippen LogP contribution is 2.33. The number of fused-ring (bicyclic) bond motifs is 1. The Bertz CT molecular complexity index is 885. The van der Waals surface area contributed by atoms with Crippen LogP contribution in [0.25, 0.3) is 0 Å². The van der Waals surface area contributed by atoms with Crippen molar-refractivity contribution in [2.24, 2.45) is 0 Å². The molecule has 23 heavy (non-hydrogen) atoms. The normalized spacial score (nSPS) is 14.7. The van der Waals surface area contributed by atoms with Crippen molar-refractivity contribution >= 4 is 21.5 Å². The van der Waals surface area contributed by atoms with Crippen molar-refractivity contribution in [3.05, 3.63) is 47.2 Å². The second kappa shape index (κ2) is 5.45. The molecule has 0 fully saturated rings. The van der Waals surface area contributed by atoms with Gasteiger partial charge in [-0.15, -0.1) is 0 Å². The number of nitrogens with two attached hydrogens (primary N) is 1. The van der Waals surface area contributed by atoms with Gasteiger partial charge in [0, 0.05) is 18.8 Å². The van der Waals surface area contributed by atoms with Gasteiger partial charge in [-0.05, 0) is 43.0 Å². The van der Waals surface area contributed by atoms with Gasteiger partial charge in [-0.2, -0.15) is 0 Å². The summed E-state index contributed by atoms with van der Waals surface area (Å²) < 4.78 is 53.7. The maximum atomic E-state index is 13.6. The summed E-state index contributed by atoms with van der Waals surface area (Å²) >= 11 is 0. The molecule has 1 aliphatic rings. The van der Waals surface area contributed by atoms with E-state index in [1.54, 1.807) is 6.92 Å². The number of nitrogen functional groups attached to an aromatic ring is 1. The van der Waals surface area contributed by atoms with Crippen molar-refractivity contribution < 1.29 is 17.2 Å².